The largest absolute Gasteiger partial charge is 0.322 e. The highest BCUT2D eigenvalue weighted by molar-refractivity contribution is 7.99. The van der Waals surface area contributed by atoms with Gasteiger partial charge in [-0.2, -0.15) is 11.8 Å². The van der Waals surface area contributed by atoms with Gasteiger partial charge in [-0.05, 0) is 37.1 Å². The standard InChI is InChI=1S/C20H23N3O3S/c1-14-6-7-16(13-22-8-10-27-11-9-22)12-18(14)21-20(24)17-4-3-5-19(15(17)2)23(25)26/h3-7,12H,8-11,13H2,1-2H3,(H,21,24). The van der Waals surface area contributed by atoms with Crippen LogP contribution in [0.1, 0.15) is 27.0 Å². The van der Waals surface area contributed by atoms with E-state index in [2.05, 4.69) is 16.3 Å². The van der Waals surface area contributed by atoms with E-state index < -0.39 is 4.92 Å². The molecular weight excluding hydrogens is 362 g/mol. The second-order valence-corrected chi connectivity index (χ2v) is 7.92. The SMILES string of the molecule is Cc1ccc(CN2CCSCC2)cc1NC(=O)c1cccc([N+](=O)[O-])c1C. The number of nitrogens with one attached hydrogen (secondary N) is 1. The van der Waals surface area contributed by atoms with Gasteiger partial charge in [0.05, 0.1) is 4.92 Å². The molecule has 0 unspecified atom stereocenters. The number of nitro benzene ring substituents is 1. The van der Waals surface area contributed by atoms with E-state index in [1.807, 2.05) is 30.8 Å². The van der Waals surface area contributed by atoms with Crippen molar-refractivity contribution in [1.29, 1.82) is 0 Å². The summed E-state index contributed by atoms with van der Waals surface area (Å²) in [6.45, 7) is 6.56. The van der Waals surface area contributed by atoms with Crippen molar-refractivity contribution in [1.82, 2.24) is 4.90 Å². The number of carbonyl (C=O) groups excluding carboxylic acids is 1. The van der Waals surface area contributed by atoms with Crippen LogP contribution in [0.2, 0.25) is 0 Å². The van der Waals surface area contributed by atoms with Crippen molar-refractivity contribution in [2.24, 2.45) is 0 Å². The van der Waals surface area contributed by atoms with Crippen LogP contribution in [-0.4, -0.2) is 40.3 Å². The Morgan fingerprint density at radius 3 is 2.67 bits per heavy atom. The molecule has 0 spiro atoms. The van der Waals surface area contributed by atoms with E-state index in [9.17, 15) is 14.9 Å². The molecule has 3 rings (SSSR count). The molecule has 27 heavy (non-hydrogen) atoms. The van der Waals surface area contributed by atoms with E-state index in [-0.39, 0.29) is 11.6 Å². The molecule has 1 saturated heterocycles. The molecule has 1 aliphatic heterocycles. The molecule has 0 bridgehead atoms. The fourth-order valence-corrected chi connectivity index (χ4v) is 4.16. The van der Waals surface area contributed by atoms with Crippen molar-refractivity contribution < 1.29 is 9.72 Å². The van der Waals surface area contributed by atoms with Gasteiger partial charge in [-0.15, -0.1) is 0 Å². The zero-order valence-electron chi connectivity index (χ0n) is 15.5. The zero-order chi connectivity index (χ0) is 19.4. The summed E-state index contributed by atoms with van der Waals surface area (Å²) in [6, 6.07) is 10.7. The van der Waals surface area contributed by atoms with Crippen molar-refractivity contribution in [2.45, 2.75) is 20.4 Å². The van der Waals surface area contributed by atoms with Crippen LogP contribution in [0.25, 0.3) is 0 Å². The third-order valence-electron chi connectivity index (χ3n) is 4.81. The highest BCUT2D eigenvalue weighted by atomic mass is 32.2. The molecule has 0 aliphatic carbocycles. The van der Waals surface area contributed by atoms with Crippen molar-refractivity contribution >= 4 is 29.0 Å². The summed E-state index contributed by atoms with van der Waals surface area (Å²) in [6.07, 6.45) is 0. The fourth-order valence-electron chi connectivity index (χ4n) is 3.18. The van der Waals surface area contributed by atoms with Gasteiger partial charge in [-0.25, -0.2) is 0 Å². The average molecular weight is 385 g/mol. The maximum Gasteiger partial charge on any atom is 0.273 e. The minimum atomic E-state index is -0.463. The van der Waals surface area contributed by atoms with E-state index >= 15 is 0 Å². The summed E-state index contributed by atoms with van der Waals surface area (Å²) in [5.74, 6) is 1.98. The minimum Gasteiger partial charge on any atom is -0.322 e. The van der Waals surface area contributed by atoms with Gasteiger partial charge in [-0.3, -0.25) is 19.8 Å². The molecule has 1 heterocycles. The Kier molecular flexibility index (Phi) is 6.13. The topological polar surface area (TPSA) is 75.5 Å². The molecule has 1 amide bonds. The molecular formula is C20H23N3O3S. The molecule has 1 fully saturated rings. The van der Waals surface area contributed by atoms with E-state index in [4.69, 9.17) is 0 Å². The number of thioether (sulfide) groups is 1. The van der Waals surface area contributed by atoms with Crippen LogP contribution >= 0.6 is 11.8 Å². The number of hydrogen-bond acceptors (Lipinski definition) is 5. The highest BCUT2D eigenvalue weighted by Crippen LogP contribution is 2.24. The Hall–Kier alpha value is -2.38. The van der Waals surface area contributed by atoms with E-state index in [1.165, 1.54) is 12.1 Å². The second kappa shape index (κ2) is 8.54. The van der Waals surface area contributed by atoms with E-state index in [0.29, 0.717) is 11.1 Å². The first kappa shape index (κ1) is 19.4. The van der Waals surface area contributed by atoms with Gasteiger partial charge < -0.3 is 5.32 Å². The smallest absolute Gasteiger partial charge is 0.273 e. The number of carbonyl (C=O) groups is 1. The molecule has 1 aliphatic rings. The summed E-state index contributed by atoms with van der Waals surface area (Å²) in [5.41, 5.74) is 3.51. The van der Waals surface area contributed by atoms with Gasteiger partial charge >= 0.3 is 0 Å². The number of aryl methyl sites for hydroxylation is 1. The second-order valence-electron chi connectivity index (χ2n) is 6.70. The third kappa shape index (κ3) is 4.67. The van der Waals surface area contributed by atoms with Gasteiger partial charge in [0.2, 0.25) is 0 Å². The van der Waals surface area contributed by atoms with Gasteiger partial charge in [0, 0.05) is 54.0 Å². The Morgan fingerprint density at radius 1 is 1.22 bits per heavy atom. The lowest BCUT2D eigenvalue weighted by molar-refractivity contribution is -0.385. The van der Waals surface area contributed by atoms with Gasteiger partial charge in [0.1, 0.15) is 0 Å². The molecule has 142 valence electrons. The molecule has 0 saturated carbocycles. The van der Waals surface area contributed by atoms with Crippen LogP contribution in [0.5, 0.6) is 0 Å². The van der Waals surface area contributed by atoms with Gasteiger partial charge in [0.15, 0.2) is 0 Å². The van der Waals surface area contributed by atoms with Crippen LogP contribution in [0.3, 0.4) is 0 Å². The van der Waals surface area contributed by atoms with Crippen molar-refractivity contribution in [3.8, 4) is 0 Å². The lowest BCUT2D eigenvalue weighted by Crippen LogP contribution is -2.32. The predicted octanol–water partition coefficient (Wildman–Crippen LogP) is 4.01. The molecule has 2 aromatic carbocycles. The number of hydrogen-bond donors (Lipinski definition) is 1. The predicted molar refractivity (Wildman–Crippen MR) is 110 cm³/mol. The first-order valence-corrected chi connectivity index (χ1v) is 10.1. The van der Waals surface area contributed by atoms with E-state index in [0.717, 1.165) is 48.0 Å². The van der Waals surface area contributed by atoms with Crippen LogP contribution < -0.4 is 5.32 Å². The summed E-state index contributed by atoms with van der Waals surface area (Å²) in [5, 5.41) is 14.0. The van der Waals surface area contributed by atoms with Crippen molar-refractivity contribution in [2.75, 3.05) is 29.9 Å². The normalized spacial score (nSPS) is 14.7. The summed E-state index contributed by atoms with van der Waals surface area (Å²) < 4.78 is 0. The molecule has 6 nitrogen and oxygen atoms in total. The van der Waals surface area contributed by atoms with E-state index in [1.54, 1.807) is 13.0 Å². The highest BCUT2D eigenvalue weighted by Gasteiger charge is 2.19. The van der Waals surface area contributed by atoms with Crippen LogP contribution in [0.15, 0.2) is 36.4 Å². The summed E-state index contributed by atoms with van der Waals surface area (Å²) >= 11 is 1.98. The fraction of sp³-hybridized carbons (Fsp3) is 0.350. The van der Waals surface area contributed by atoms with Gasteiger partial charge in [-0.1, -0.05) is 18.2 Å². The summed E-state index contributed by atoms with van der Waals surface area (Å²) in [4.78, 5) is 25.8. The molecule has 2 aromatic rings. The molecule has 0 radical (unpaired) electrons. The van der Waals surface area contributed by atoms with Gasteiger partial charge in [0.25, 0.3) is 11.6 Å². The number of anilines is 1. The number of nitro groups is 1. The maximum absolute atomic E-state index is 12.7. The number of benzene rings is 2. The third-order valence-corrected chi connectivity index (χ3v) is 5.75. The van der Waals surface area contributed by atoms with Crippen molar-refractivity contribution in [3.05, 3.63) is 68.8 Å². The first-order valence-electron chi connectivity index (χ1n) is 8.90. The zero-order valence-corrected chi connectivity index (χ0v) is 16.3. The lowest BCUT2D eigenvalue weighted by Gasteiger charge is -2.26. The molecule has 0 aromatic heterocycles. The maximum atomic E-state index is 12.7. The molecule has 7 heteroatoms. The Bertz CT molecular complexity index is 864. The monoisotopic (exact) mass is 385 g/mol. The number of nitrogens with zero attached hydrogens (tertiary/aromatic N) is 2. The number of amides is 1. The Balaban J connectivity index is 1.78. The van der Waals surface area contributed by atoms with Crippen LogP contribution in [-0.2, 0) is 6.54 Å². The summed E-state index contributed by atoms with van der Waals surface area (Å²) in [7, 11) is 0. The number of rotatable bonds is 5. The average Bonchev–Trinajstić information content (AvgIpc) is 2.65. The van der Waals surface area contributed by atoms with Crippen LogP contribution in [0.4, 0.5) is 11.4 Å². The van der Waals surface area contributed by atoms with Crippen molar-refractivity contribution in [3.63, 3.8) is 0 Å². The van der Waals surface area contributed by atoms with Crippen LogP contribution in [0, 0.1) is 24.0 Å². The Morgan fingerprint density at radius 2 is 1.96 bits per heavy atom. The molecule has 1 N–H and O–H groups in total. The minimum absolute atomic E-state index is 0.0453. The lowest BCUT2D eigenvalue weighted by atomic mass is 10.0. The first-order chi connectivity index (χ1) is 13.0. The quantitative estimate of drug-likeness (QED) is 0.622. The molecule has 0 atom stereocenters. The Labute approximate surface area is 163 Å².